The van der Waals surface area contributed by atoms with E-state index in [1.807, 2.05) is 79.7 Å². The normalized spacial score (nSPS) is 12.3. The number of fused-ring (bicyclic) bond motifs is 2. The number of imidazole rings is 1. The predicted molar refractivity (Wildman–Crippen MR) is 172 cm³/mol. The van der Waals surface area contributed by atoms with Crippen molar-refractivity contribution in [1.29, 1.82) is 0 Å². The molecular formula is C34H30FN9O. The molecule has 2 aromatic carbocycles. The number of pyridine rings is 3. The number of nitrogens with two attached hydrogens (primary N) is 1. The van der Waals surface area contributed by atoms with Gasteiger partial charge in [-0.25, -0.2) is 19.3 Å². The Kier molecular flexibility index (Phi) is 7.46. The number of nitrogens with one attached hydrogen (secondary N) is 2. The monoisotopic (exact) mass is 599 g/mol. The first-order valence-electron chi connectivity index (χ1n) is 14.4. The zero-order valence-electron chi connectivity index (χ0n) is 24.7. The van der Waals surface area contributed by atoms with Gasteiger partial charge in [0.05, 0.1) is 22.9 Å². The van der Waals surface area contributed by atoms with Crippen LogP contribution in [0.1, 0.15) is 17.2 Å². The van der Waals surface area contributed by atoms with Crippen molar-refractivity contribution >= 4 is 22.2 Å². The quantitative estimate of drug-likeness (QED) is 0.187. The lowest BCUT2D eigenvalue weighted by Gasteiger charge is -2.18. The van der Waals surface area contributed by atoms with Gasteiger partial charge in [0.25, 0.3) is 0 Å². The van der Waals surface area contributed by atoms with Gasteiger partial charge in [-0.3, -0.25) is 10.1 Å². The van der Waals surface area contributed by atoms with Crippen molar-refractivity contribution in [3.63, 3.8) is 0 Å². The SMILES string of the molecule is CN(C)CC(N)c1cc(F)cc(-c2ccnc3nc(-c4n[nH]c5ccc(-c6cncc(OCc7ccccc7)c6)nc45)[nH]c23)c1. The molecule has 45 heavy (non-hydrogen) atoms. The fourth-order valence-electron chi connectivity index (χ4n) is 5.35. The van der Waals surface area contributed by atoms with Crippen LogP contribution in [-0.4, -0.2) is 60.7 Å². The third-order valence-electron chi connectivity index (χ3n) is 7.50. The molecule has 0 radical (unpaired) electrons. The molecule has 4 N–H and O–H groups in total. The molecule has 11 heteroatoms. The number of aromatic nitrogens is 7. The molecule has 1 atom stereocenters. The zero-order valence-corrected chi connectivity index (χ0v) is 24.7. The van der Waals surface area contributed by atoms with E-state index in [0.29, 0.717) is 63.9 Å². The zero-order chi connectivity index (χ0) is 30.9. The minimum atomic E-state index is -0.361. The lowest BCUT2D eigenvalue weighted by molar-refractivity contribution is 0.305. The summed E-state index contributed by atoms with van der Waals surface area (Å²) in [7, 11) is 3.87. The van der Waals surface area contributed by atoms with E-state index in [9.17, 15) is 4.39 Å². The van der Waals surface area contributed by atoms with Crippen LogP contribution in [0.4, 0.5) is 4.39 Å². The van der Waals surface area contributed by atoms with Crippen molar-refractivity contribution in [3.8, 4) is 39.7 Å². The maximum absolute atomic E-state index is 14.8. The molecule has 0 fully saturated rings. The molecule has 1 unspecified atom stereocenters. The van der Waals surface area contributed by atoms with Gasteiger partial charge in [-0.2, -0.15) is 5.10 Å². The van der Waals surface area contributed by atoms with Crippen molar-refractivity contribution in [2.45, 2.75) is 12.6 Å². The average Bonchev–Trinajstić information content (AvgIpc) is 3.68. The van der Waals surface area contributed by atoms with Crippen LogP contribution in [-0.2, 0) is 6.61 Å². The van der Waals surface area contributed by atoms with Crippen LogP contribution in [0.3, 0.4) is 0 Å². The molecule has 0 aliphatic heterocycles. The number of rotatable bonds is 9. The Morgan fingerprint density at radius 2 is 1.82 bits per heavy atom. The van der Waals surface area contributed by atoms with Gasteiger partial charge >= 0.3 is 0 Å². The first-order valence-corrected chi connectivity index (χ1v) is 14.4. The summed E-state index contributed by atoms with van der Waals surface area (Å²) in [5.74, 6) is 0.769. The van der Waals surface area contributed by atoms with Crippen molar-refractivity contribution < 1.29 is 9.13 Å². The highest BCUT2D eigenvalue weighted by molar-refractivity contribution is 5.95. The first kappa shape index (κ1) is 28.3. The third kappa shape index (κ3) is 5.86. The second kappa shape index (κ2) is 11.9. The summed E-state index contributed by atoms with van der Waals surface area (Å²) < 4.78 is 20.8. The highest BCUT2D eigenvalue weighted by atomic mass is 19.1. The summed E-state index contributed by atoms with van der Waals surface area (Å²) >= 11 is 0. The lowest BCUT2D eigenvalue weighted by atomic mass is 9.99. The van der Waals surface area contributed by atoms with Gasteiger partial charge < -0.3 is 20.4 Å². The van der Waals surface area contributed by atoms with Crippen molar-refractivity contribution in [2.24, 2.45) is 5.73 Å². The maximum atomic E-state index is 14.8. The Hall–Kier alpha value is -5.52. The number of hydrogen-bond acceptors (Lipinski definition) is 8. The molecule has 224 valence electrons. The summed E-state index contributed by atoms with van der Waals surface area (Å²) in [6.07, 6.45) is 5.09. The Morgan fingerprint density at radius 3 is 2.67 bits per heavy atom. The molecule has 0 saturated carbocycles. The van der Waals surface area contributed by atoms with Crippen molar-refractivity contribution in [1.82, 2.24) is 40.0 Å². The number of ether oxygens (including phenoxy) is 1. The molecule has 0 saturated heterocycles. The number of aromatic amines is 2. The largest absolute Gasteiger partial charge is 0.487 e. The molecule has 0 aliphatic rings. The first-order chi connectivity index (χ1) is 21.9. The maximum Gasteiger partial charge on any atom is 0.178 e. The van der Waals surface area contributed by atoms with Gasteiger partial charge in [-0.05, 0) is 73.3 Å². The highest BCUT2D eigenvalue weighted by Crippen LogP contribution is 2.33. The number of halogens is 1. The van der Waals surface area contributed by atoms with Crippen LogP contribution in [0.25, 0.3) is 56.1 Å². The molecule has 5 heterocycles. The number of H-pyrrole nitrogens is 2. The molecule has 0 bridgehead atoms. The van der Waals surface area contributed by atoms with Crippen LogP contribution >= 0.6 is 0 Å². The van der Waals surface area contributed by atoms with E-state index in [-0.39, 0.29) is 11.9 Å². The van der Waals surface area contributed by atoms with E-state index < -0.39 is 0 Å². The van der Waals surface area contributed by atoms with Gasteiger partial charge in [0, 0.05) is 36.1 Å². The third-order valence-corrected chi connectivity index (χ3v) is 7.50. The summed E-state index contributed by atoms with van der Waals surface area (Å²) in [5.41, 5.74) is 14.1. The second-order valence-corrected chi connectivity index (χ2v) is 11.1. The van der Waals surface area contributed by atoms with E-state index in [1.54, 1.807) is 18.6 Å². The minimum absolute atomic E-state index is 0.342. The standard InChI is InChI=1S/C34H30FN9O/c1-44(2)18-27(36)22-12-21(13-24(35)14-22)26-10-11-38-33-30(26)40-34(41-33)32-31-29(42-43-32)9-8-28(39-31)23-15-25(17-37-16-23)45-19-20-6-4-3-5-7-20/h3-17,27H,18-19,36H2,1-2H3,(H,42,43)(H,38,40,41). The number of nitrogens with zero attached hydrogens (tertiary/aromatic N) is 6. The highest BCUT2D eigenvalue weighted by Gasteiger charge is 2.19. The number of likely N-dealkylation sites (N-methyl/N-ethyl adjacent to an activating group) is 1. The molecule has 0 aliphatic carbocycles. The van der Waals surface area contributed by atoms with E-state index in [2.05, 4.69) is 25.1 Å². The number of hydrogen-bond donors (Lipinski definition) is 3. The Bertz CT molecular complexity index is 2120. The summed E-state index contributed by atoms with van der Waals surface area (Å²) in [4.78, 5) is 23.8. The summed E-state index contributed by atoms with van der Waals surface area (Å²) in [5, 5.41) is 7.58. The lowest BCUT2D eigenvalue weighted by Crippen LogP contribution is -2.26. The molecule has 0 amide bonds. The van der Waals surface area contributed by atoms with Crippen LogP contribution in [0.15, 0.2) is 91.4 Å². The second-order valence-electron chi connectivity index (χ2n) is 11.1. The fourth-order valence-corrected chi connectivity index (χ4v) is 5.35. The van der Waals surface area contributed by atoms with Crippen LogP contribution < -0.4 is 10.5 Å². The molecular weight excluding hydrogens is 569 g/mol. The Labute approximate surface area is 258 Å². The van der Waals surface area contributed by atoms with E-state index in [0.717, 1.165) is 22.2 Å². The van der Waals surface area contributed by atoms with Crippen LogP contribution in [0, 0.1) is 5.82 Å². The Morgan fingerprint density at radius 1 is 0.956 bits per heavy atom. The predicted octanol–water partition coefficient (Wildman–Crippen LogP) is 5.90. The fraction of sp³-hybridized carbons (Fsp3) is 0.147. The van der Waals surface area contributed by atoms with Gasteiger partial charge in [0.1, 0.15) is 23.7 Å². The van der Waals surface area contributed by atoms with Crippen molar-refractivity contribution in [3.05, 3.63) is 108 Å². The molecule has 5 aromatic heterocycles. The molecule has 7 rings (SSSR count). The molecule has 7 aromatic rings. The van der Waals surface area contributed by atoms with Gasteiger partial charge in [-0.15, -0.1) is 0 Å². The summed E-state index contributed by atoms with van der Waals surface area (Å²) in [6.45, 7) is 1.03. The van der Waals surface area contributed by atoms with Gasteiger partial charge in [0.15, 0.2) is 17.2 Å². The van der Waals surface area contributed by atoms with Crippen LogP contribution in [0.2, 0.25) is 0 Å². The van der Waals surface area contributed by atoms with Crippen molar-refractivity contribution in [2.75, 3.05) is 20.6 Å². The average molecular weight is 600 g/mol. The van der Waals surface area contributed by atoms with Crippen LogP contribution in [0.5, 0.6) is 5.75 Å². The molecule has 10 nitrogen and oxygen atoms in total. The number of benzene rings is 2. The smallest absolute Gasteiger partial charge is 0.178 e. The molecule has 0 spiro atoms. The Balaban J connectivity index is 1.22. The van der Waals surface area contributed by atoms with E-state index >= 15 is 0 Å². The van der Waals surface area contributed by atoms with Gasteiger partial charge in [-0.1, -0.05) is 30.3 Å². The topological polar surface area (TPSA) is 135 Å². The summed E-state index contributed by atoms with van der Waals surface area (Å²) in [6, 6.07) is 22.1. The van der Waals surface area contributed by atoms with E-state index in [1.165, 1.54) is 12.1 Å². The minimum Gasteiger partial charge on any atom is -0.487 e. The van der Waals surface area contributed by atoms with Gasteiger partial charge in [0.2, 0.25) is 0 Å². The van der Waals surface area contributed by atoms with E-state index in [4.69, 9.17) is 20.4 Å².